The number of nitrogens with one attached hydrogen (secondary N) is 6. The number of aromatic amines is 1. The van der Waals surface area contributed by atoms with Crippen LogP contribution in [0.25, 0.3) is 10.9 Å². The number of para-hydroxylation sites is 1. The molecular weight excluding hydrogens is 891 g/mol. The molecule has 0 aliphatic rings. The van der Waals surface area contributed by atoms with Gasteiger partial charge in [-0.05, 0) is 52.5 Å². The minimum atomic E-state index is -1.71. The average molecular weight is 958 g/mol. The van der Waals surface area contributed by atoms with Gasteiger partial charge in [-0.15, -0.1) is 0 Å². The van der Waals surface area contributed by atoms with Crippen LogP contribution in [-0.4, -0.2) is 92.9 Å². The predicted molar refractivity (Wildman–Crippen MR) is 267 cm³/mol. The van der Waals surface area contributed by atoms with Gasteiger partial charge >= 0.3 is 11.9 Å². The molecule has 0 aliphatic heterocycles. The van der Waals surface area contributed by atoms with Crippen molar-refractivity contribution in [2.75, 3.05) is 0 Å². The molecule has 1 heterocycles. The van der Waals surface area contributed by atoms with Crippen molar-refractivity contribution in [3.8, 4) is 0 Å². The van der Waals surface area contributed by atoms with Gasteiger partial charge in [-0.25, -0.2) is 4.79 Å². The number of H-pyrrole nitrogens is 1. The summed E-state index contributed by atoms with van der Waals surface area (Å²) < 4.78 is 0. The number of carboxylic acid groups (broad SMARTS) is 2. The number of hydrogen-bond donors (Lipinski definition) is 9. The van der Waals surface area contributed by atoms with E-state index in [1.54, 1.807) is 33.9 Å². The molecule has 5 rings (SSSR count). The van der Waals surface area contributed by atoms with Crippen LogP contribution in [-0.2, 0) is 45.4 Å². The van der Waals surface area contributed by atoms with Crippen LogP contribution in [0, 0.1) is 17.8 Å². The van der Waals surface area contributed by atoms with Gasteiger partial charge in [0.15, 0.2) is 0 Å². The number of nitrogens with two attached hydrogens (primary N) is 1. The van der Waals surface area contributed by atoms with Crippen molar-refractivity contribution in [3.05, 3.63) is 144 Å². The van der Waals surface area contributed by atoms with Gasteiger partial charge in [0.1, 0.15) is 36.3 Å². The van der Waals surface area contributed by atoms with Crippen molar-refractivity contribution in [1.82, 2.24) is 31.6 Å². The summed E-state index contributed by atoms with van der Waals surface area (Å²) >= 11 is 0. The SMILES string of the molecule is CC[C@H](C)[C@H](NC(=O)[C@H](CC(=O)O)NC(=O)[C@H](CC(C)C)NC(=O)[C@@H](N)C(c1ccccc1)(c1ccccc1)c1ccccc1)C(=O)N[C@H](C(=O)N[C@@H](Cc1c[nH]c2ccccc12)C(=O)O)[C@@H](C)CC. The smallest absolute Gasteiger partial charge is 0.326 e. The zero-order valence-corrected chi connectivity index (χ0v) is 40.6. The number of rotatable bonds is 25. The lowest BCUT2D eigenvalue weighted by Gasteiger charge is -2.40. The predicted octanol–water partition coefficient (Wildman–Crippen LogP) is 5.19. The summed E-state index contributed by atoms with van der Waals surface area (Å²) in [6.45, 7) is 10.7. The first-order valence-corrected chi connectivity index (χ1v) is 23.9. The van der Waals surface area contributed by atoms with E-state index in [0.29, 0.717) is 18.4 Å². The van der Waals surface area contributed by atoms with E-state index in [4.69, 9.17) is 5.73 Å². The van der Waals surface area contributed by atoms with Crippen molar-refractivity contribution in [2.45, 2.75) is 115 Å². The lowest BCUT2D eigenvalue weighted by Crippen LogP contribution is -2.62. The van der Waals surface area contributed by atoms with Crippen LogP contribution >= 0.6 is 0 Å². The summed E-state index contributed by atoms with van der Waals surface area (Å²) in [5, 5.41) is 34.3. The zero-order chi connectivity index (χ0) is 51.1. The molecule has 16 heteroatoms. The number of aromatic nitrogens is 1. The maximum absolute atomic E-state index is 14.7. The standard InChI is InChI=1S/C54H67N7O9/c1-7-33(5)45(50(66)59-43(53(69)70)29-35-31-56-40-27-19-18-26-39(35)40)61-51(67)46(34(6)8-2)60-49(65)42(30-44(62)63)57-48(64)41(28-32(3)4)58-52(68)47(55)54(36-20-12-9-13-21-36,37-22-14-10-15-23-37)38-24-16-11-17-25-38/h9-27,31-34,41-43,45-47,56H,7-8,28-30,55H2,1-6H3,(H,57,64)(H,58,68)(H,59,66)(H,60,65)(H,61,67)(H,62,63)(H,69,70)/t33-,34-,41-,42-,43-,45-,46-,47+/m0/s1. The Kier molecular flexibility index (Phi) is 19.0. The van der Waals surface area contributed by atoms with Crippen LogP contribution in [0.5, 0.6) is 0 Å². The first kappa shape index (κ1) is 53.6. The fourth-order valence-corrected chi connectivity index (χ4v) is 8.84. The molecule has 5 aromatic rings. The molecule has 0 bridgehead atoms. The maximum Gasteiger partial charge on any atom is 0.326 e. The molecule has 372 valence electrons. The Labute approximate surface area is 409 Å². The second-order valence-corrected chi connectivity index (χ2v) is 18.4. The van der Waals surface area contributed by atoms with E-state index in [0.717, 1.165) is 27.6 Å². The average Bonchev–Trinajstić information content (AvgIpc) is 3.76. The Balaban J connectivity index is 1.37. The monoisotopic (exact) mass is 958 g/mol. The van der Waals surface area contributed by atoms with E-state index in [1.165, 1.54) is 0 Å². The van der Waals surface area contributed by atoms with E-state index >= 15 is 0 Å². The van der Waals surface area contributed by atoms with Crippen LogP contribution < -0.4 is 32.3 Å². The first-order chi connectivity index (χ1) is 33.4. The molecule has 5 amide bonds. The third kappa shape index (κ3) is 13.0. The molecule has 0 unspecified atom stereocenters. The Morgan fingerprint density at radius 1 is 0.557 bits per heavy atom. The lowest BCUT2D eigenvalue weighted by atomic mass is 9.64. The number of amides is 5. The third-order valence-electron chi connectivity index (χ3n) is 13.1. The van der Waals surface area contributed by atoms with E-state index in [2.05, 4.69) is 31.6 Å². The third-order valence-corrected chi connectivity index (χ3v) is 13.1. The van der Waals surface area contributed by atoms with Gasteiger partial charge < -0.3 is 47.5 Å². The summed E-state index contributed by atoms with van der Waals surface area (Å²) in [4.78, 5) is 99.1. The fourth-order valence-electron chi connectivity index (χ4n) is 8.84. The van der Waals surface area contributed by atoms with Crippen molar-refractivity contribution in [1.29, 1.82) is 0 Å². The van der Waals surface area contributed by atoms with Crippen LogP contribution in [0.15, 0.2) is 121 Å². The highest BCUT2D eigenvalue weighted by Gasteiger charge is 2.46. The summed E-state index contributed by atoms with van der Waals surface area (Å²) in [6, 6.07) is 27.1. The molecular formula is C54H67N7O9. The van der Waals surface area contributed by atoms with E-state index < -0.39 is 101 Å². The van der Waals surface area contributed by atoms with Crippen molar-refractivity contribution >= 4 is 52.4 Å². The fraction of sp³-hybridized carbons (Fsp3) is 0.389. The first-order valence-electron chi connectivity index (χ1n) is 23.9. The molecule has 0 aliphatic carbocycles. The molecule has 70 heavy (non-hydrogen) atoms. The molecule has 0 saturated heterocycles. The molecule has 8 atom stereocenters. The molecule has 0 radical (unpaired) electrons. The van der Waals surface area contributed by atoms with Crippen LogP contribution in [0.4, 0.5) is 0 Å². The van der Waals surface area contributed by atoms with Crippen LogP contribution in [0.1, 0.15) is 89.5 Å². The Morgan fingerprint density at radius 2 is 0.986 bits per heavy atom. The molecule has 0 fully saturated rings. The Morgan fingerprint density at radius 3 is 1.46 bits per heavy atom. The number of carbonyl (C=O) groups is 7. The van der Waals surface area contributed by atoms with E-state index in [1.807, 2.05) is 129 Å². The molecule has 0 saturated carbocycles. The van der Waals surface area contributed by atoms with Crippen LogP contribution in [0.3, 0.4) is 0 Å². The van der Waals surface area contributed by atoms with Gasteiger partial charge in [0.05, 0.1) is 11.8 Å². The summed E-state index contributed by atoms with van der Waals surface area (Å²) in [5.74, 6) is -7.97. The minimum absolute atomic E-state index is 0.0428. The summed E-state index contributed by atoms with van der Waals surface area (Å²) in [7, 11) is 0. The molecule has 10 N–H and O–H groups in total. The van der Waals surface area contributed by atoms with Gasteiger partial charge in [0.2, 0.25) is 29.5 Å². The number of carboxylic acids is 2. The highest BCUT2D eigenvalue weighted by atomic mass is 16.4. The quantitative estimate of drug-likeness (QED) is 0.0346. The van der Waals surface area contributed by atoms with Crippen molar-refractivity contribution in [3.63, 3.8) is 0 Å². The lowest BCUT2D eigenvalue weighted by molar-refractivity contribution is -0.142. The highest BCUT2D eigenvalue weighted by molar-refractivity contribution is 5.98. The van der Waals surface area contributed by atoms with E-state index in [-0.39, 0.29) is 18.8 Å². The van der Waals surface area contributed by atoms with Gasteiger partial charge in [-0.1, -0.05) is 164 Å². The van der Waals surface area contributed by atoms with E-state index in [9.17, 15) is 43.8 Å². The summed E-state index contributed by atoms with van der Waals surface area (Å²) in [6.07, 6.45) is 1.63. The minimum Gasteiger partial charge on any atom is -0.481 e. The van der Waals surface area contributed by atoms with Crippen molar-refractivity contribution in [2.24, 2.45) is 23.5 Å². The largest absolute Gasteiger partial charge is 0.481 e. The Bertz CT molecular complexity index is 2470. The topological polar surface area (TPSA) is 262 Å². The number of carbonyl (C=O) groups excluding carboxylic acids is 5. The van der Waals surface area contributed by atoms with Gasteiger partial charge in [-0.3, -0.25) is 28.8 Å². The second kappa shape index (κ2) is 24.8. The number of hydrogen-bond acceptors (Lipinski definition) is 8. The number of aliphatic carboxylic acids is 2. The van der Waals surface area contributed by atoms with Gasteiger partial charge in [-0.2, -0.15) is 0 Å². The number of fused-ring (bicyclic) bond motifs is 1. The Hall–Kier alpha value is -7.33. The maximum atomic E-state index is 14.7. The van der Waals surface area contributed by atoms with Gasteiger partial charge in [0.25, 0.3) is 0 Å². The normalized spacial score (nSPS) is 15.0. The second-order valence-electron chi connectivity index (χ2n) is 18.4. The number of benzene rings is 4. The molecule has 16 nitrogen and oxygen atoms in total. The zero-order valence-electron chi connectivity index (χ0n) is 40.6. The molecule has 0 spiro atoms. The molecule has 4 aromatic carbocycles. The van der Waals surface area contributed by atoms with Crippen LogP contribution in [0.2, 0.25) is 0 Å². The van der Waals surface area contributed by atoms with Gasteiger partial charge in [0, 0.05) is 23.5 Å². The molecule has 1 aromatic heterocycles. The highest BCUT2D eigenvalue weighted by Crippen LogP contribution is 2.41. The summed E-state index contributed by atoms with van der Waals surface area (Å²) in [5.41, 5.74) is 9.50. The van der Waals surface area contributed by atoms with Crippen molar-refractivity contribution < 1.29 is 43.8 Å².